The van der Waals surface area contributed by atoms with Crippen LogP contribution in [0.1, 0.15) is 44.1 Å². The molecule has 1 aliphatic rings. The summed E-state index contributed by atoms with van der Waals surface area (Å²) < 4.78 is 11.7. The van der Waals surface area contributed by atoms with Gasteiger partial charge in [0, 0.05) is 17.3 Å². The van der Waals surface area contributed by atoms with Crippen LogP contribution in [0.15, 0.2) is 42.5 Å². The molecule has 0 heterocycles. The molecule has 0 saturated heterocycles. The summed E-state index contributed by atoms with van der Waals surface area (Å²) >= 11 is 5.96. The molecule has 0 atom stereocenters. The number of halogens is 1. The Morgan fingerprint density at radius 2 is 1.74 bits per heavy atom. The van der Waals surface area contributed by atoms with E-state index in [9.17, 15) is 0 Å². The number of benzene rings is 2. The van der Waals surface area contributed by atoms with Crippen LogP contribution in [-0.4, -0.2) is 19.8 Å². The average molecular weight is 388 g/mol. The molecule has 0 amide bonds. The van der Waals surface area contributed by atoms with Gasteiger partial charge in [-0.1, -0.05) is 43.7 Å². The minimum atomic E-state index is 0.599. The highest BCUT2D eigenvalue weighted by molar-refractivity contribution is 6.30. The van der Waals surface area contributed by atoms with Crippen LogP contribution in [0, 0.1) is 12.8 Å². The zero-order chi connectivity index (χ0) is 18.9. The normalized spacial score (nSPS) is 14.7. The van der Waals surface area contributed by atoms with Gasteiger partial charge in [-0.3, -0.25) is 0 Å². The van der Waals surface area contributed by atoms with Crippen molar-refractivity contribution in [2.75, 3.05) is 25.1 Å². The van der Waals surface area contributed by atoms with E-state index in [4.69, 9.17) is 21.1 Å². The molecular formula is C23H30ClNO2. The summed E-state index contributed by atoms with van der Waals surface area (Å²) in [6.07, 6.45) is 8.14. The lowest BCUT2D eigenvalue weighted by atomic mass is 9.87. The lowest BCUT2D eigenvalue weighted by Gasteiger charge is -2.21. The first-order chi connectivity index (χ1) is 13.2. The molecule has 1 saturated carbocycles. The van der Waals surface area contributed by atoms with Crippen molar-refractivity contribution in [3.05, 3.63) is 53.1 Å². The molecule has 1 N–H and O–H groups in total. The van der Waals surface area contributed by atoms with Gasteiger partial charge in [0.1, 0.15) is 18.1 Å². The van der Waals surface area contributed by atoms with Crippen LogP contribution in [0.3, 0.4) is 0 Å². The maximum Gasteiger partial charge on any atom is 0.122 e. The average Bonchev–Trinajstić information content (AvgIpc) is 2.68. The number of nitrogens with one attached hydrogen (secondary N) is 1. The fourth-order valence-corrected chi connectivity index (χ4v) is 3.85. The first kappa shape index (κ1) is 19.9. The van der Waals surface area contributed by atoms with Gasteiger partial charge in [-0.15, -0.1) is 0 Å². The van der Waals surface area contributed by atoms with E-state index in [0.717, 1.165) is 46.8 Å². The molecule has 0 unspecified atom stereocenters. The number of aryl methyl sites for hydroxylation is 1. The molecular weight excluding hydrogens is 358 g/mol. The third-order valence-electron chi connectivity index (χ3n) is 5.20. The van der Waals surface area contributed by atoms with E-state index in [0.29, 0.717) is 6.61 Å². The Kier molecular flexibility index (Phi) is 7.70. The summed E-state index contributed by atoms with van der Waals surface area (Å²) in [7, 11) is 0. The van der Waals surface area contributed by atoms with Gasteiger partial charge in [-0.2, -0.15) is 0 Å². The van der Waals surface area contributed by atoms with Gasteiger partial charge in [0.25, 0.3) is 0 Å². The molecule has 0 aromatic heterocycles. The molecule has 0 radical (unpaired) electrons. The van der Waals surface area contributed by atoms with Gasteiger partial charge < -0.3 is 14.8 Å². The zero-order valence-corrected chi connectivity index (χ0v) is 16.9. The summed E-state index contributed by atoms with van der Waals surface area (Å²) in [5.41, 5.74) is 2.13. The fourth-order valence-electron chi connectivity index (χ4n) is 3.62. The smallest absolute Gasteiger partial charge is 0.122 e. The summed E-state index contributed by atoms with van der Waals surface area (Å²) in [5.74, 6) is 2.69. The molecule has 27 heavy (non-hydrogen) atoms. The number of rotatable bonds is 9. The van der Waals surface area contributed by atoms with Crippen LogP contribution in [0.5, 0.6) is 11.5 Å². The lowest BCUT2D eigenvalue weighted by Crippen LogP contribution is -2.12. The number of ether oxygens (including phenoxy) is 2. The van der Waals surface area contributed by atoms with Crippen molar-refractivity contribution in [3.63, 3.8) is 0 Å². The van der Waals surface area contributed by atoms with Crippen molar-refractivity contribution in [1.82, 2.24) is 0 Å². The molecule has 2 aromatic carbocycles. The largest absolute Gasteiger partial charge is 0.494 e. The fraction of sp³-hybridized carbons (Fsp3) is 0.478. The van der Waals surface area contributed by atoms with Gasteiger partial charge in [0.2, 0.25) is 0 Å². The predicted octanol–water partition coefficient (Wildman–Crippen LogP) is 6.49. The molecule has 3 nitrogen and oxygen atoms in total. The first-order valence-corrected chi connectivity index (χ1v) is 10.4. The maximum atomic E-state index is 5.96. The third-order valence-corrected chi connectivity index (χ3v) is 5.43. The topological polar surface area (TPSA) is 30.5 Å². The first-order valence-electron chi connectivity index (χ1n) is 10.1. The Balaban J connectivity index is 1.33. The highest BCUT2D eigenvalue weighted by Crippen LogP contribution is 2.26. The van der Waals surface area contributed by atoms with Gasteiger partial charge >= 0.3 is 0 Å². The van der Waals surface area contributed by atoms with Crippen LogP contribution < -0.4 is 14.8 Å². The maximum absolute atomic E-state index is 5.96. The quantitative estimate of drug-likeness (QED) is 0.499. The van der Waals surface area contributed by atoms with E-state index < -0.39 is 0 Å². The van der Waals surface area contributed by atoms with Crippen molar-refractivity contribution in [1.29, 1.82) is 0 Å². The van der Waals surface area contributed by atoms with Gasteiger partial charge in [-0.25, -0.2) is 0 Å². The van der Waals surface area contributed by atoms with Crippen molar-refractivity contribution < 1.29 is 9.47 Å². The molecule has 2 aromatic rings. The molecule has 1 fully saturated rings. The van der Waals surface area contributed by atoms with Crippen molar-refractivity contribution in [2.24, 2.45) is 5.92 Å². The summed E-state index contributed by atoms with van der Waals surface area (Å²) in [6, 6.07) is 13.9. The van der Waals surface area contributed by atoms with Crippen molar-refractivity contribution >= 4 is 17.3 Å². The SMILES string of the molecule is Cc1cc(Cl)ccc1OCCNc1ccc(OCCC2CCCCC2)cc1. The van der Waals surface area contributed by atoms with Gasteiger partial charge in [0.05, 0.1) is 6.61 Å². The molecule has 0 bridgehead atoms. The van der Waals surface area contributed by atoms with E-state index in [2.05, 4.69) is 17.4 Å². The zero-order valence-electron chi connectivity index (χ0n) is 16.2. The Morgan fingerprint density at radius 3 is 2.48 bits per heavy atom. The standard InChI is InChI=1S/C23H30ClNO2/c1-18-17-20(24)7-12-23(18)27-16-14-25-21-8-10-22(11-9-21)26-15-13-19-5-3-2-4-6-19/h7-12,17,19,25H,2-6,13-16H2,1H3. The second-order valence-electron chi connectivity index (χ2n) is 7.35. The van der Waals surface area contributed by atoms with Crippen LogP contribution in [0.4, 0.5) is 5.69 Å². The van der Waals surface area contributed by atoms with E-state index in [1.165, 1.54) is 38.5 Å². The van der Waals surface area contributed by atoms with E-state index in [-0.39, 0.29) is 0 Å². The number of hydrogen-bond donors (Lipinski definition) is 1. The number of anilines is 1. The van der Waals surface area contributed by atoms with Crippen molar-refractivity contribution in [2.45, 2.75) is 45.4 Å². The second-order valence-corrected chi connectivity index (χ2v) is 7.79. The minimum absolute atomic E-state index is 0.599. The summed E-state index contributed by atoms with van der Waals surface area (Å²) in [5, 5.41) is 4.11. The minimum Gasteiger partial charge on any atom is -0.494 e. The van der Waals surface area contributed by atoms with Crippen LogP contribution >= 0.6 is 11.6 Å². The van der Waals surface area contributed by atoms with Crippen LogP contribution in [0.25, 0.3) is 0 Å². The third kappa shape index (κ3) is 6.66. The van der Waals surface area contributed by atoms with E-state index in [1.54, 1.807) is 0 Å². The Bertz CT molecular complexity index is 696. The molecule has 1 aliphatic carbocycles. The Morgan fingerprint density at radius 1 is 0.963 bits per heavy atom. The van der Waals surface area contributed by atoms with Crippen LogP contribution in [0.2, 0.25) is 5.02 Å². The molecule has 4 heteroatoms. The predicted molar refractivity (Wildman–Crippen MR) is 113 cm³/mol. The van der Waals surface area contributed by atoms with Gasteiger partial charge in [-0.05, 0) is 67.3 Å². The summed E-state index contributed by atoms with van der Waals surface area (Å²) in [6.45, 7) is 4.17. The molecule has 146 valence electrons. The summed E-state index contributed by atoms with van der Waals surface area (Å²) in [4.78, 5) is 0. The lowest BCUT2D eigenvalue weighted by molar-refractivity contribution is 0.246. The highest BCUT2D eigenvalue weighted by atomic mass is 35.5. The van der Waals surface area contributed by atoms with E-state index >= 15 is 0 Å². The molecule has 0 aliphatic heterocycles. The number of hydrogen-bond acceptors (Lipinski definition) is 3. The van der Waals surface area contributed by atoms with Gasteiger partial charge in [0.15, 0.2) is 0 Å². The van der Waals surface area contributed by atoms with Crippen molar-refractivity contribution in [3.8, 4) is 11.5 Å². The van der Waals surface area contributed by atoms with E-state index in [1.807, 2.05) is 37.3 Å². The Hall–Kier alpha value is -1.87. The highest BCUT2D eigenvalue weighted by Gasteiger charge is 2.13. The second kappa shape index (κ2) is 10.5. The van der Waals surface area contributed by atoms with Crippen LogP contribution in [-0.2, 0) is 0 Å². The Labute approximate surface area is 168 Å². The molecule has 0 spiro atoms. The molecule has 3 rings (SSSR count). The monoisotopic (exact) mass is 387 g/mol.